The molecule has 1 aromatic heterocycles. The van der Waals surface area contributed by atoms with Gasteiger partial charge in [-0.15, -0.1) is 0 Å². The molecule has 0 bridgehead atoms. The van der Waals surface area contributed by atoms with Crippen LogP contribution in [0.5, 0.6) is 0 Å². The Kier molecular flexibility index (Phi) is 4.14. The second-order valence-electron chi connectivity index (χ2n) is 6.38. The minimum absolute atomic E-state index is 0.134. The highest BCUT2D eigenvalue weighted by Crippen LogP contribution is 2.30. The summed E-state index contributed by atoms with van der Waals surface area (Å²) in [7, 11) is -3.64. The van der Waals surface area contributed by atoms with Gasteiger partial charge in [0.2, 0.25) is 9.84 Å². The molecular weight excluding hydrogens is 352 g/mol. The predicted molar refractivity (Wildman–Crippen MR) is 97.9 cm³/mol. The number of benzene rings is 2. The second-order valence-corrected chi connectivity index (χ2v) is 8.33. The Balaban J connectivity index is 1.78. The molecular formula is C19H18N2O4S. The number of pyridine rings is 1. The molecule has 4 rings (SSSR count). The van der Waals surface area contributed by atoms with E-state index in [1.165, 1.54) is 6.20 Å². The zero-order chi connectivity index (χ0) is 18.3. The monoisotopic (exact) mass is 370 g/mol. The van der Waals surface area contributed by atoms with E-state index >= 15 is 0 Å². The molecule has 2 aromatic carbocycles. The highest BCUT2D eigenvalue weighted by atomic mass is 32.2. The van der Waals surface area contributed by atoms with E-state index in [1.54, 1.807) is 42.5 Å². The maximum absolute atomic E-state index is 12.8. The van der Waals surface area contributed by atoms with Gasteiger partial charge in [0.15, 0.2) is 0 Å². The van der Waals surface area contributed by atoms with Gasteiger partial charge in [0.25, 0.3) is 0 Å². The summed E-state index contributed by atoms with van der Waals surface area (Å²) in [6.07, 6.45) is -0.247. The Morgan fingerprint density at radius 2 is 1.62 bits per heavy atom. The van der Waals surface area contributed by atoms with Gasteiger partial charge in [-0.1, -0.05) is 30.3 Å². The predicted octanol–water partition coefficient (Wildman–Crippen LogP) is 1.61. The normalized spacial score (nSPS) is 20.6. The first-order valence-electron chi connectivity index (χ1n) is 8.27. The van der Waals surface area contributed by atoms with Crippen molar-refractivity contribution in [3.05, 3.63) is 60.8 Å². The number of hydrogen-bond acceptors (Lipinski definition) is 6. The molecule has 134 valence electrons. The molecule has 1 fully saturated rings. The van der Waals surface area contributed by atoms with Crippen LogP contribution in [0, 0.1) is 0 Å². The Hall–Kier alpha value is -2.48. The fourth-order valence-corrected chi connectivity index (χ4v) is 4.49. The van der Waals surface area contributed by atoms with E-state index in [2.05, 4.69) is 4.98 Å². The van der Waals surface area contributed by atoms with Crippen LogP contribution in [0.1, 0.15) is 0 Å². The lowest BCUT2D eigenvalue weighted by Crippen LogP contribution is -2.22. The molecule has 3 aromatic rings. The number of fused-ring (bicyclic) bond motifs is 1. The standard InChI is InChI=1S/C19H18N2O4S/c22-17-11-21(12-18(17)23)16-8-4-5-13-9-15(10-20-19(13)16)26(24,25)14-6-2-1-3-7-14/h1-10,17-18,22-23H,11-12H2/t17-,18+. The van der Waals surface area contributed by atoms with Gasteiger partial charge in [0, 0.05) is 24.7 Å². The third-order valence-corrected chi connectivity index (χ3v) is 6.36. The summed E-state index contributed by atoms with van der Waals surface area (Å²) in [4.78, 5) is 6.60. The van der Waals surface area contributed by atoms with Crippen molar-refractivity contribution < 1.29 is 18.6 Å². The summed E-state index contributed by atoms with van der Waals surface area (Å²) < 4.78 is 25.6. The molecule has 2 heterocycles. The molecule has 0 unspecified atom stereocenters. The Bertz CT molecular complexity index is 1040. The Morgan fingerprint density at radius 3 is 2.31 bits per heavy atom. The van der Waals surface area contributed by atoms with Crippen molar-refractivity contribution >= 4 is 26.4 Å². The van der Waals surface area contributed by atoms with Crippen LogP contribution in [0.4, 0.5) is 5.69 Å². The van der Waals surface area contributed by atoms with Gasteiger partial charge in [-0.05, 0) is 24.3 Å². The molecule has 2 N–H and O–H groups in total. The lowest BCUT2D eigenvalue weighted by Gasteiger charge is -2.19. The SMILES string of the molecule is O=S(=O)(c1ccccc1)c1cnc2c(N3C[C@@H](O)[C@@H](O)C3)cccc2c1. The van der Waals surface area contributed by atoms with E-state index in [4.69, 9.17) is 0 Å². The highest BCUT2D eigenvalue weighted by molar-refractivity contribution is 7.91. The fraction of sp³-hybridized carbons (Fsp3) is 0.211. The second kappa shape index (κ2) is 6.35. The zero-order valence-corrected chi connectivity index (χ0v) is 14.7. The molecule has 0 saturated carbocycles. The Labute approximate surface area is 151 Å². The fourth-order valence-electron chi connectivity index (χ4n) is 3.23. The van der Waals surface area contributed by atoms with Crippen LogP contribution in [0.2, 0.25) is 0 Å². The topological polar surface area (TPSA) is 90.7 Å². The maximum Gasteiger partial charge on any atom is 0.208 e. The van der Waals surface area contributed by atoms with E-state index in [0.717, 1.165) is 5.69 Å². The number of rotatable bonds is 3. The average Bonchev–Trinajstić information content (AvgIpc) is 3.00. The minimum atomic E-state index is -3.64. The summed E-state index contributed by atoms with van der Waals surface area (Å²) in [5.41, 5.74) is 1.41. The Morgan fingerprint density at radius 1 is 0.923 bits per heavy atom. The van der Waals surface area contributed by atoms with Crippen LogP contribution < -0.4 is 4.90 Å². The van der Waals surface area contributed by atoms with Crippen LogP contribution >= 0.6 is 0 Å². The van der Waals surface area contributed by atoms with E-state index < -0.39 is 22.0 Å². The third-order valence-electron chi connectivity index (χ3n) is 4.63. The summed E-state index contributed by atoms with van der Waals surface area (Å²) in [6.45, 7) is 0.623. The lowest BCUT2D eigenvalue weighted by molar-refractivity contribution is 0.0572. The summed E-state index contributed by atoms with van der Waals surface area (Å²) >= 11 is 0. The quantitative estimate of drug-likeness (QED) is 0.728. The lowest BCUT2D eigenvalue weighted by atomic mass is 10.2. The van der Waals surface area contributed by atoms with Gasteiger partial charge in [0.1, 0.15) is 0 Å². The molecule has 1 aliphatic rings. The first-order chi connectivity index (χ1) is 12.5. The van der Waals surface area contributed by atoms with Crippen molar-refractivity contribution in [3.8, 4) is 0 Å². The number of aliphatic hydroxyl groups excluding tert-OH is 2. The molecule has 0 radical (unpaired) electrons. The summed E-state index contributed by atoms with van der Waals surface area (Å²) in [6, 6.07) is 15.3. The molecule has 1 saturated heterocycles. The van der Waals surface area contributed by atoms with Gasteiger partial charge in [-0.2, -0.15) is 0 Å². The molecule has 0 spiro atoms. The summed E-state index contributed by atoms with van der Waals surface area (Å²) in [5.74, 6) is 0. The number of nitrogens with zero attached hydrogens (tertiary/aromatic N) is 2. The minimum Gasteiger partial charge on any atom is -0.389 e. The molecule has 26 heavy (non-hydrogen) atoms. The molecule has 6 nitrogen and oxygen atoms in total. The first kappa shape index (κ1) is 17.0. The zero-order valence-electron chi connectivity index (χ0n) is 13.9. The number of hydrogen-bond donors (Lipinski definition) is 2. The van der Waals surface area contributed by atoms with E-state index in [-0.39, 0.29) is 9.79 Å². The van der Waals surface area contributed by atoms with Crippen molar-refractivity contribution in [2.75, 3.05) is 18.0 Å². The summed E-state index contributed by atoms with van der Waals surface area (Å²) in [5, 5.41) is 20.3. The number of anilines is 1. The number of aromatic nitrogens is 1. The largest absolute Gasteiger partial charge is 0.389 e. The molecule has 2 atom stereocenters. The number of β-amino-alcohol motifs (C(OH)–C–C–N with tert-alkyl or cyclic N) is 2. The van der Waals surface area contributed by atoms with Crippen LogP contribution in [-0.4, -0.2) is 48.9 Å². The van der Waals surface area contributed by atoms with Crippen molar-refractivity contribution in [2.45, 2.75) is 22.0 Å². The van der Waals surface area contributed by atoms with Crippen LogP contribution in [0.15, 0.2) is 70.6 Å². The van der Waals surface area contributed by atoms with Gasteiger partial charge in [-0.3, -0.25) is 4.98 Å². The van der Waals surface area contributed by atoms with Crippen molar-refractivity contribution in [2.24, 2.45) is 0 Å². The van der Waals surface area contributed by atoms with Crippen molar-refractivity contribution in [1.82, 2.24) is 4.98 Å². The molecule has 1 aliphatic heterocycles. The van der Waals surface area contributed by atoms with Gasteiger partial charge >= 0.3 is 0 Å². The first-order valence-corrected chi connectivity index (χ1v) is 9.75. The van der Waals surface area contributed by atoms with Crippen LogP contribution in [0.3, 0.4) is 0 Å². The maximum atomic E-state index is 12.8. The third kappa shape index (κ3) is 2.84. The molecule has 7 heteroatoms. The molecule has 0 amide bonds. The number of sulfone groups is 1. The van der Waals surface area contributed by atoms with E-state index in [0.29, 0.717) is 24.0 Å². The van der Waals surface area contributed by atoms with Crippen molar-refractivity contribution in [3.63, 3.8) is 0 Å². The number of para-hydroxylation sites is 1. The van der Waals surface area contributed by atoms with Crippen LogP contribution in [0.25, 0.3) is 10.9 Å². The van der Waals surface area contributed by atoms with Gasteiger partial charge in [0.05, 0.1) is 33.2 Å². The van der Waals surface area contributed by atoms with Gasteiger partial charge < -0.3 is 15.1 Å². The number of aliphatic hydroxyl groups is 2. The highest BCUT2D eigenvalue weighted by Gasteiger charge is 2.30. The van der Waals surface area contributed by atoms with E-state index in [1.807, 2.05) is 17.0 Å². The average molecular weight is 370 g/mol. The van der Waals surface area contributed by atoms with Gasteiger partial charge in [-0.25, -0.2) is 8.42 Å². The van der Waals surface area contributed by atoms with Crippen molar-refractivity contribution in [1.29, 1.82) is 0 Å². The van der Waals surface area contributed by atoms with E-state index in [9.17, 15) is 18.6 Å². The van der Waals surface area contributed by atoms with Crippen LogP contribution in [-0.2, 0) is 9.84 Å². The molecule has 0 aliphatic carbocycles. The smallest absolute Gasteiger partial charge is 0.208 e.